The highest BCUT2D eigenvalue weighted by atomic mass is 16.5. The fraction of sp³-hybridized carbons (Fsp3) is 0.455. The van der Waals surface area contributed by atoms with E-state index in [2.05, 4.69) is 70.3 Å². The lowest BCUT2D eigenvalue weighted by Crippen LogP contribution is -2.35. The van der Waals surface area contributed by atoms with Crippen molar-refractivity contribution in [2.75, 3.05) is 13.2 Å². The summed E-state index contributed by atoms with van der Waals surface area (Å²) >= 11 is 0. The second-order valence-electron chi connectivity index (χ2n) is 7.09. The summed E-state index contributed by atoms with van der Waals surface area (Å²) in [6.45, 7) is 11.3. The minimum Gasteiger partial charge on any atom is -0.389 e. The van der Waals surface area contributed by atoms with E-state index in [1.807, 2.05) is 12.1 Å². The molecule has 0 heterocycles. The summed E-state index contributed by atoms with van der Waals surface area (Å²) in [6, 6.07) is 15.0. The van der Waals surface area contributed by atoms with Gasteiger partial charge in [0.05, 0.1) is 12.7 Å². The van der Waals surface area contributed by atoms with Crippen molar-refractivity contribution in [3.63, 3.8) is 0 Å². The van der Waals surface area contributed by atoms with E-state index in [-0.39, 0.29) is 6.10 Å². The lowest BCUT2D eigenvalue weighted by Gasteiger charge is -2.25. The fourth-order valence-electron chi connectivity index (χ4n) is 3.09. The predicted octanol–water partition coefficient (Wildman–Crippen LogP) is 4.08. The second kappa shape index (κ2) is 9.14. The van der Waals surface area contributed by atoms with Crippen LogP contribution in [0.4, 0.5) is 0 Å². The van der Waals surface area contributed by atoms with Gasteiger partial charge in [-0.05, 0) is 48.6 Å². The van der Waals surface area contributed by atoms with Crippen LogP contribution in [0, 0.1) is 20.8 Å². The molecular weight excluding hydrogens is 310 g/mol. The minimum atomic E-state index is -0.529. The first-order chi connectivity index (χ1) is 11.9. The number of hydrogen-bond donors (Lipinski definition) is 2. The van der Waals surface area contributed by atoms with E-state index in [1.54, 1.807) is 0 Å². The number of ether oxygens (including phenoxy) is 1. The van der Waals surface area contributed by atoms with Crippen LogP contribution < -0.4 is 5.32 Å². The third-order valence-electron chi connectivity index (χ3n) is 4.49. The number of aliphatic hydroxyl groups excluding tert-OH is 1. The zero-order chi connectivity index (χ0) is 18.4. The topological polar surface area (TPSA) is 41.5 Å². The fourth-order valence-corrected chi connectivity index (χ4v) is 3.09. The molecule has 0 radical (unpaired) electrons. The third kappa shape index (κ3) is 5.40. The van der Waals surface area contributed by atoms with E-state index in [0.717, 1.165) is 5.56 Å². The van der Waals surface area contributed by atoms with Gasteiger partial charge in [0, 0.05) is 12.6 Å². The van der Waals surface area contributed by atoms with E-state index in [4.69, 9.17) is 4.74 Å². The summed E-state index contributed by atoms with van der Waals surface area (Å²) < 4.78 is 6.26. The Hall–Kier alpha value is -1.68. The van der Waals surface area contributed by atoms with Crippen molar-refractivity contribution in [1.29, 1.82) is 0 Å². The lowest BCUT2D eigenvalue weighted by molar-refractivity contribution is 0.00534. The van der Waals surface area contributed by atoms with Crippen molar-refractivity contribution in [2.45, 2.75) is 52.9 Å². The molecule has 2 atom stereocenters. The van der Waals surface area contributed by atoms with Gasteiger partial charge in [0.25, 0.3) is 0 Å². The van der Waals surface area contributed by atoms with E-state index < -0.39 is 6.10 Å². The molecule has 3 nitrogen and oxygen atoms in total. The summed E-state index contributed by atoms with van der Waals surface area (Å²) in [7, 11) is 0. The van der Waals surface area contributed by atoms with Crippen LogP contribution in [0.2, 0.25) is 0 Å². The van der Waals surface area contributed by atoms with Crippen molar-refractivity contribution < 1.29 is 9.84 Å². The molecule has 3 heteroatoms. The first-order valence-electron chi connectivity index (χ1n) is 9.04. The molecule has 0 amide bonds. The largest absolute Gasteiger partial charge is 0.389 e. The Bertz CT molecular complexity index is 661. The molecule has 0 bridgehead atoms. The summed E-state index contributed by atoms with van der Waals surface area (Å²) in [6.07, 6.45) is -0.700. The van der Waals surface area contributed by atoms with E-state index in [1.165, 1.54) is 22.3 Å². The lowest BCUT2D eigenvalue weighted by atomic mass is 9.91. The maximum Gasteiger partial charge on any atom is 0.108 e. The molecule has 0 spiro atoms. The zero-order valence-electron chi connectivity index (χ0n) is 16.0. The number of benzene rings is 2. The molecule has 0 fully saturated rings. The Kier molecular flexibility index (Phi) is 7.18. The molecule has 0 aliphatic carbocycles. The molecular formula is C22H31NO2. The maximum absolute atomic E-state index is 10.3. The van der Waals surface area contributed by atoms with Gasteiger partial charge in [-0.2, -0.15) is 0 Å². The molecule has 2 unspecified atom stereocenters. The van der Waals surface area contributed by atoms with Gasteiger partial charge in [-0.15, -0.1) is 0 Å². The number of hydrogen-bond acceptors (Lipinski definition) is 3. The van der Waals surface area contributed by atoms with Crippen molar-refractivity contribution in [2.24, 2.45) is 0 Å². The Morgan fingerprint density at radius 2 is 1.52 bits per heavy atom. The van der Waals surface area contributed by atoms with Crippen LogP contribution in [0.3, 0.4) is 0 Å². The zero-order valence-corrected chi connectivity index (χ0v) is 16.0. The number of aryl methyl sites for hydroxylation is 3. The molecule has 2 rings (SSSR count). The summed E-state index contributed by atoms with van der Waals surface area (Å²) in [5.74, 6) is 0. The molecule has 136 valence electrons. The highest BCUT2D eigenvalue weighted by molar-refractivity contribution is 5.43. The molecule has 25 heavy (non-hydrogen) atoms. The van der Waals surface area contributed by atoms with Crippen LogP contribution in [0.5, 0.6) is 0 Å². The normalized spacial score (nSPS) is 13.9. The number of nitrogens with one attached hydrogen (secondary N) is 1. The van der Waals surface area contributed by atoms with Crippen molar-refractivity contribution >= 4 is 0 Å². The van der Waals surface area contributed by atoms with Crippen molar-refractivity contribution in [3.05, 3.63) is 70.3 Å². The highest BCUT2D eigenvalue weighted by Crippen LogP contribution is 2.32. The number of aliphatic hydroxyl groups is 1. The van der Waals surface area contributed by atoms with Gasteiger partial charge in [-0.3, -0.25) is 0 Å². The SMILES string of the molecule is Cc1ccccc1C(OCC(O)CNC(C)C)c1c(C)cccc1C. The van der Waals surface area contributed by atoms with Crippen LogP contribution >= 0.6 is 0 Å². The predicted molar refractivity (Wildman–Crippen MR) is 104 cm³/mol. The Morgan fingerprint density at radius 3 is 2.12 bits per heavy atom. The molecule has 2 aromatic rings. The van der Waals surface area contributed by atoms with Gasteiger partial charge in [-0.1, -0.05) is 56.3 Å². The maximum atomic E-state index is 10.3. The van der Waals surface area contributed by atoms with Crippen molar-refractivity contribution in [3.8, 4) is 0 Å². The van der Waals surface area contributed by atoms with Gasteiger partial charge in [0.15, 0.2) is 0 Å². The van der Waals surface area contributed by atoms with Crippen LogP contribution in [0.1, 0.15) is 47.8 Å². The Labute approximate surface area is 152 Å². The first-order valence-corrected chi connectivity index (χ1v) is 9.04. The van der Waals surface area contributed by atoms with Gasteiger partial charge in [0.1, 0.15) is 6.10 Å². The van der Waals surface area contributed by atoms with Gasteiger partial charge < -0.3 is 15.2 Å². The van der Waals surface area contributed by atoms with E-state index in [0.29, 0.717) is 19.2 Å². The standard InChI is InChI=1S/C22H31NO2/c1-15(2)23-13-19(24)14-25-22(20-12-7-6-9-16(20)3)21-17(4)10-8-11-18(21)5/h6-12,15,19,22-24H,13-14H2,1-5H3. The van der Waals surface area contributed by atoms with Gasteiger partial charge >= 0.3 is 0 Å². The van der Waals surface area contributed by atoms with Crippen LogP contribution in [-0.4, -0.2) is 30.4 Å². The second-order valence-corrected chi connectivity index (χ2v) is 7.09. The first kappa shape index (κ1) is 19.6. The van der Waals surface area contributed by atoms with E-state index >= 15 is 0 Å². The average Bonchev–Trinajstić information content (AvgIpc) is 2.56. The molecule has 0 saturated carbocycles. The quantitative estimate of drug-likeness (QED) is 0.760. The van der Waals surface area contributed by atoms with E-state index in [9.17, 15) is 5.11 Å². The summed E-state index contributed by atoms with van der Waals surface area (Å²) in [4.78, 5) is 0. The van der Waals surface area contributed by atoms with Crippen LogP contribution in [-0.2, 0) is 4.74 Å². The molecule has 0 aromatic heterocycles. The Balaban J connectivity index is 2.26. The molecule has 0 saturated heterocycles. The highest BCUT2D eigenvalue weighted by Gasteiger charge is 2.21. The molecule has 0 aliphatic heterocycles. The molecule has 2 aromatic carbocycles. The molecule has 2 N–H and O–H groups in total. The summed E-state index contributed by atoms with van der Waals surface area (Å²) in [5.41, 5.74) is 5.97. The van der Waals surface area contributed by atoms with Crippen molar-refractivity contribution in [1.82, 2.24) is 5.32 Å². The monoisotopic (exact) mass is 341 g/mol. The minimum absolute atomic E-state index is 0.170. The average molecular weight is 341 g/mol. The van der Waals surface area contributed by atoms with Gasteiger partial charge in [0.2, 0.25) is 0 Å². The Morgan fingerprint density at radius 1 is 0.920 bits per heavy atom. The summed E-state index contributed by atoms with van der Waals surface area (Å²) in [5, 5.41) is 13.5. The third-order valence-corrected chi connectivity index (χ3v) is 4.49. The van der Waals surface area contributed by atoms with Crippen LogP contribution in [0.15, 0.2) is 42.5 Å². The smallest absolute Gasteiger partial charge is 0.108 e. The number of rotatable bonds is 8. The van der Waals surface area contributed by atoms with Gasteiger partial charge in [-0.25, -0.2) is 0 Å². The van der Waals surface area contributed by atoms with Crippen LogP contribution in [0.25, 0.3) is 0 Å². The molecule has 0 aliphatic rings.